The predicted molar refractivity (Wildman–Crippen MR) is 110 cm³/mol. The van der Waals surface area contributed by atoms with Gasteiger partial charge in [0.2, 0.25) is 5.91 Å². The molecule has 0 aromatic heterocycles. The standard InChI is InChI=1S/C24H29NO3/c1-17-4-3-5-20(16-17)24(12-14-28-15-13-24)23(26)25-22(18-6-7-18)19-8-10-21(27-2)11-9-19/h3-5,8-11,16,18,22H,6-7,12-15H2,1-2H3,(H,25,26)/t22-/m1/s1. The third kappa shape index (κ3) is 3.79. The lowest BCUT2D eigenvalue weighted by Crippen LogP contribution is -2.49. The van der Waals surface area contributed by atoms with Gasteiger partial charge in [-0.2, -0.15) is 0 Å². The zero-order valence-electron chi connectivity index (χ0n) is 16.7. The summed E-state index contributed by atoms with van der Waals surface area (Å²) >= 11 is 0. The van der Waals surface area contributed by atoms with Gasteiger partial charge in [0.15, 0.2) is 0 Å². The Morgan fingerprint density at radius 2 is 1.86 bits per heavy atom. The molecule has 1 saturated heterocycles. The second-order valence-electron chi connectivity index (χ2n) is 8.13. The molecule has 0 bridgehead atoms. The van der Waals surface area contributed by atoms with Crippen molar-refractivity contribution in [2.45, 2.75) is 44.1 Å². The molecule has 2 aromatic rings. The Kier molecular flexibility index (Phi) is 5.40. The second-order valence-corrected chi connectivity index (χ2v) is 8.13. The first-order valence-electron chi connectivity index (χ1n) is 10.2. The van der Waals surface area contributed by atoms with Crippen molar-refractivity contribution in [3.8, 4) is 5.75 Å². The molecule has 4 rings (SSSR count). The molecule has 2 aromatic carbocycles. The molecule has 28 heavy (non-hydrogen) atoms. The molecule has 0 spiro atoms. The Morgan fingerprint density at radius 1 is 1.14 bits per heavy atom. The fourth-order valence-electron chi connectivity index (χ4n) is 4.30. The molecular formula is C24H29NO3. The Labute approximate surface area is 167 Å². The smallest absolute Gasteiger partial charge is 0.231 e. The molecule has 1 heterocycles. The van der Waals surface area contributed by atoms with Gasteiger partial charge in [-0.25, -0.2) is 0 Å². The van der Waals surface area contributed by atoms with Gasteiger partial charge in [0, 0.05) is 13.2 Å². The van der Waals surface area contributed by atoms with Crippen LogP contribution in [0.3, 0.4) is 0 Å². The summed E-state index contributed by atoms with van der Waals surface area (Å²) in [5, 5.41) is 3.43. The number of amides is 1. The lowest BCUT2D eigenvalue weighted by Gasteiger charge is -2.38. The maximum Gasteiger partial charge on any atom is 0.231 e. The summed E-state index contributed by atoms with van der Waals surface area (Å²) in [4.78, 5) is 13.7. The molecular weight excluding hydrogens is 350 g/mol. The van der Waals surface area contributed by atoms with Gasteiger partial charge >= 0.3 is 0 Å². The Bertz CT molecular complexity index is 820. The van der Waals surface area contributed by atoms with Gasteiger partial charge in [-0.05, 0) is 61.8 Å². The molecule has 1 amide bonds. The molecule has 1 N–H and O–H groups in total. The van der Waals surface area contributed by atoms with E-state index in [0.717, 1.165) is 42.6 Å². The first kappa shape index (κ1) is 19.0. The van der Waals surface area contributed by atoms with E-state index >= 15 is 0 Å². The van der Waals surface area contributed by atoms with Crippen LogP contribution in [0.4, 0.5) is 0 Å². The highest BCUT2D eigenvalue weighted by atomic mass is 16.5. The van der Waals surface area contributed by atoms with Gasteiger partial charge in [-0.1, -0.05) is 42.0 Å². The van der Waals surface area contributed by atoms with Crippen molar-refractivity contribution >= 4 is 5.91 Å². The number of carbonyl (C=O) groups excluding carboxylic acids is 1. The summed E-state index contributed by atoms with van der Waals surface area (Å²) in [5.41, 5.74) is 2.94. The second kappa shape index (κ2) is 7.96. The van der Waals surface area contributed by atoms with E-state index in [-0.39, 0.29) is 11.9 Å². The summed E-state index contributed by atoms with van der Waals surface area (Å²) in [6.07, 6.45) is 3.78. The number of aryl methyl sites for hydroxylation is 1. The minimum Gasteiger partial charge on any atom is -0.497 e. The van der Waals surface area contributed by atoms with Gasteiger partial charge in [-0.3, -0.25) is 4.79 Å². The molecule has 1 atom stereocenters. The van der Waals surface area contributed by atoms with Crippen molar-refractivity contribution in [2.24, 2.45) is 5.92 Å². The molecule has 0 unspecified atom stereocenters. The molecule has 4 nitrogen and oxygen atoms in total. The normalized spacial score (nSPS) is 19.6. The first-order chi connectivity index (χ1) is 13.6. The number of hydrogen-bond donors (Lipinski definition) is 1. The molecule has 4 heteroatoms. The number of hydrogen-bond acceptors (Lipinski definition) is 3. The van der Waals surface area contributed by atoms with E-state index in [0.29, 0.717) is 19.1 Å². The van der Waals surface area contributed by atoms with E-state index in [2.05, 4.69) is 48.6 Å². The molecule has 2 fully saturated rings. The number of nitrogens with one attached hydrogen (secondary N) is 1. The van der Waals surface area contributed by atoms with Crippen LogP contribution in [0.1, 0.15) is 48.4 Å². The fraction of sp³-hybridized carbons (Fsp3) is 0.458. The number of methoxy groups -OCH3 is 1. The van der Waals surface area contributed by atoms with Gasteiger partial charge in [0.1, 0.15) is 5.75 Å². The Morgan fingerprint density at radius 3 is 2.46 bits per heavy atom. The van der Waals surface area contributed by atoms with Crippen LogP contribution in [0.2, 0.25) is 0 Å². The van der Waals surface area contributed by atoms with Crippen LogP contribution in [-0.4, -0.2) is 26.2 Å². The van der Waals surface area contributed by atoms with Crippen molar-refractivity contribution in [2.75, 3.05) is 20.3 Å². The lowest BCUT2D eigenvalue weighted by molar-refractivity contribution is -0.131. The third-order valence-electron chi connectivity index (χ3n) is 6.21. The number of rotatable bonds is 6. The molecule has 148 valence electrons. The van der Waals surface area contributed by atoms with Crippen molar-refractivity contribution in [3.63, 3.8) is 0 Å². The summed E-state index contributed by atoms with van der Waals surface area (Å²) in [5.74, 6) is 1.49. The van der Waals surface area contributed by atoms with E-state index < -0.39 is 5.41 Å². The van der Waals surface area contributed by atoms with E-state index in [4.69, 9.17) is 9.47 Å². The minimum atomic E-state index is -0.510. The maximum absolute atomic E-state index is 13.7. The highest BCUT2D eigenvalue weighted by molar-refractivity contribution is 5.89. The maximum atomic E-state index is 13.7. The zero-order chi connectivity index (χ0) is 19.6. The summed E-state index contributed by atoms with van der Waals surface area (Å²) < 4.78 is 10.9. The summed E-state index contributed by atoms with van der Waals surface area (Å²) in [7, 11) is 1.67. The van der Waals surface area contributed by atoms with E-state index in [1.807, 2.05) is 12.1 Å². The van der Waals surface area contributed by atoms with Crippen molar-refractivity contribution in [1.82, 2.24) is 5.32 Å². The van der Waals surface area contributed by atoms with Gasteiger partial charge in [0.25, 0.3) is 0 Å². The average Bonchev–Trinajstić information content (AvgIpc) is 3.57. The average molecular weight is 380 g/mol. The topological polar surface area (TPSA) is 47.6 Å². The monoisotopic (exact) mass is 379 g/mol. The van der Waals surface area contributed by atoms with Crippen molar-refractivity contribution in [3.05, 3.63) is 65.2 Å². The largest absolute Gasteiger partial charge is 0.497 e. The quantitative estimate of drug-likeness (QED) is 0.813. The number of carbonyl (C=O) groups is 1. The van der Waals surface area contributed by atoms with Crippen LogP contribution >= 0.6 is 0 Å². The highest BCUT2D eigenvalue weighted by Crippen LogP contribution is 2.43. The number of ether oxygens (including phenoxy) is 2. The SMILES string of the molecule is COc1ccc([C@H](NC(=O)C2(c3cccc(C)c3)CCOCC2)C2CC2)cc1. The predicted octanol–water partition coefficient (Wildman–Crippen LogP) is 4.32. The summed E-state index contributed by atoms with van der Waals surface area (Å²) in [6.45, 7) is 3.33. The molecule has 2 aliphatic rings. The summed E-state index contributed by atoms with van der Waals surface area (Å²) in [6, 6.07) is 16.5. The van der Waals surface area contributed by atoms with E-state index in [9.17, 15) is 4.79 Å². The van der Waals surface area contributed by atoms with Gasteiger partial charge < -0.3 is 14.8 Å². The fourth-order valence-corrected chi connectivity index (χ4v) is 4.30. The minimum absolute atomic E-state index is 0.0583. The van der Waals surface area contributed by atoms with Crippen LogP contribution in [-0.2, 0) is 14.9 Å². The Balaban J connectivity index is 1.62. The van der Waals surface area contributed by atoms with E-state index in [1.165, 1.54) is 5.56 Å². The number of benzene rings is 2. The van der Waals surface area contributed by atoms with Crippen LogP contribution in [0.15, 0.2) is 48.5 Å². The van der Waals surface area contributed by atoms with Crippen molar-refractivity contribution < 1.29 is 14.3 Å². The third-order valence-corrected chi connectivity index (χ3v) is 6.21. The van der Waals surface area contributed by atoms with Crippen LogP contribution in [0, 0.1) is 12.8 Å². The van der Waals surface area contributed by atoms with E-state index in [1.54, 1.807) is 7.11 Å². The molecule has 1 aliphatic carbocycles. The van der Waals surface area contributed by atoms with Crippen molar-refractivity contribution in [1.29, 1.82) is 0 Å². The van der Waals surface area contributed by atoms with Crippen LogP contribution in [0.25, 0.3) is 0 Å². The van der Waals surface area contributed by atoms with Gasteiger partial charge in [0.05, 0.1) is 18.6 Å². The van der Waals surface area contributed by atoms with Crippen LogP contribution < -0.4 is 10.1 Å². The first-order valence-corrected chi connectivity index (χ1v) is 10.2. The molecule has 0 radical (unpaired) electrons. The zero-order valence-corrected chi connectivity index (χ0v) is 16.7. The highest BCUT2D eigenvalue weighted by Gasteiger charge is 2.44. The molecule has 1 saturated carbocycles. The molecule has 1 aliphatic heterocycles. The Hall–Kier alpha value is -2.33. The lowest BCUT2D eigenvalue weighted by atomic mass is 9.72. The van der Waals surface area contributed by atoms with Crippen LogP contribution in [0.5, 0.6) is 5.75 Å². The van der Waals surface area contributed by atoms with Gasteiger partial charge in [-0.15, -0.1) is 0 Å².